The molecule has 2 heteroatoms. The normalized spacial score (nSPS) is 9.83. The first-order valence-electron chi connectivity index (χ1n) is 3.48. The van der Waals surface area contributed by atoms with E-state index in [1.807, 2.05) is 29.9 Å². The zero-order valence-corrected chi connectivity index (χ0v) is 6.97. The first-order chi connectivity index (χ1) is 5.29. The molecule has 12 heavy (non-hydrogen) atoms. The van der Waals surface area contributed by atoms with Gasteiger partial charge in [-0.05, 0) is 12.1 Å². The van der Waals surface area contributed by atoms with Gasteiger partial charge < -0.3 is 4.57 Å². The minimum absolute atomic E-state index is 0. The van der Waals surface area contributed by atoms with E-state index in [0.29, 0.717) is 0 Å². The van der Waals surface area contributed by atoms with E-state index < -0.39 is 0 Å². The topological polar surface area (TPSA) is 4.93 Å². The number of rotatable bonds is 0. The Morgan fingerprint density at radius 2 is 2.00 bits per heavy atom. The number of hydrogen-bond acceptors (Lipinski definition) is 0. The molecular formula is C10H12ClN. The molecule has 0 aliphatic rings. The van der Waals surface area contributed by atoms with Crippen molar-refractivity contribution in [3.63, 3.8) is 0 Å². The summed E-state index contributed by atoms with van der Waals surface area (Å²) in [6.07, 6.45) is 2.01. The lowest BCUT2D eigenvalue weighted by atomic mass is 10.2. The number of halogens is 1. The molecule has 1 aromatic carbocycles. The van der Waals surface area contributed by atoms with Crippen LogP contribution in [0.2, 0.25) is 5.02 Å². The molecule has 2 rings (SSSR count). The maximum Gasteiger partial charge on any atom is 0.0666 e. The SMILES string of the molecule is C.Cn1ccc2cccc(Cl)c21. The first kappa shape index (κ1) is 9.14. The van der Waals surface area contributed by atoms with Crippen LogP contribution in [0.5, 0.6) is 0 Å². The third-order valence-electron chi connectivity index (χ3n) is 1.85. The lowest BCUT2D eigenvalue weighted by Crippen LogP contribution is -1.83. The molecule has 0 N–H and O–H groups in total. The quantitative estimate of drug-likeness (QED) is 0.587. The number of para-hydroxylation sites is 1. The molecule has 0 saturated heterocycles. The van der Waals surface area contributed by atoms with Crippen LogP contribution < -0.4 is 0 Å². The Morgan fingerprint density at radius 1 is 1.25 bits per heavy atom. The van der Waals surface area contributed by atoms with Crippen molar-refractivity contribution in [2.45, 2.75) is 7.43 Å². The van der Waals surface area contributed by atoms with Gasteiger partial charge in [-0.3, -0.25) is 0 Å². The maximum absolute atomic E-state index is 5.98. The fourth-order valence-corrected chi connectivity index (χ4v) is 1.62. The van der Waals surface area contributed by atoms with Gasteiger partial charge >= 0.3 is 0 Å². The Balaban J connectivity index is 0.000000720. The van der Waals surface area contributed by atoms with Gasteiger partial charge in [0.1, 0.15) is 0 Å². The highest BCUT2D eigenvalue weighted by Crippen LogP contribution is 2.22. The second kappa shape index (κ2) is 3.20. The van der Waals surface area contributed by atoms with E-state index >= 15 is 0 Å². The van der Waals surface area contributed by atoms with Gasteiger partial charge in [-0.2, -0.15) is 0 Å². The molecule has 0 saturated carbocycles. The van der Waals surface area contributed by atoms with Gasteiger partial charge in [-0.25, -0.2) is 0 Å². The molecule has 0 amide bonds. The molecule has 0 spiro atoms. The standard InChI is InChI=1S/C9H8ClN.CH4/c1-11-6-5-7-3-2-4-8(10)9(7)11;/h2-6H,1H3;1H4. The van der Waals surface area contributed by atoms with Crippen molar-refractivity contribution in [2.24, 2.45) is 7.05 Å². The van der Waals surface area contributed by atoms with E-state index in [1.54, 1.807) is 0 Å². The predicted octanol–water partition coefficient (Wildman–Crippen LogP) is 3.47. The fraction of sp³-hybridized carbons (Fsp3) is 0.200. The summed E-state index contributed by atoms with van der Waals surface area (Å²) in [4.78, 5) is 0. The lowest BCUT2D eigenvalue weighted by molar-refractivity contribution is 0.969. The molecule has 0 bridgehead atoms. The Kier molecular flexibility index (Phi) is 2.43. The summed E-state index contributed by atoms with van der Waals surface area (Å²) in [6.45, 7) is 0. The largest absolute Gasteiger partial charge is 0.349 e. The molecule has 0 radical (unpaired) electrons. The molecule has 0 aliphatic carbocycles. The summed E-state index contributed by atoms with van der Waals surface area (Å²) < 4.78 is 2.03. The van der Waals surface area contributed by atoms with Crippen LogP contribution >= 0.6 is 11.6 Å². The van der Waals surface area contributed by atoms with Crippen LogP contribution in [0.4, 0.5) is 0 Å². The summed E-state index contributed by atoms with van der Waals surface area (Å²) >= 11 is 5.98. The summed E-state index contributed by atoms with van der Waals surface area (Å²) in [5.41, 5.74) is 1.11. The summed E-state index contributed by atoms with van der Waals surface area (Å²) in [7, 11) is 1.99. The Bertz CT molecular complexity index is 390. The highest BCUT2D eigenvalue weighted by Gasteiger charge is 1.99. The van der Waals surface area contributed by atoms with Crippen molar-refractivity contribution >= 4 is 22.5 Å². The van der Waals surface area contributed by atoms with Gasteiger partial charge in [0.2, 0.25) is 0 Å². The molecule has 1 aromatic heterocycles. The Hall–Kier alpha value is -0.950. The molecule has 1 heterocycles. The fourth-order valence-electron chi connectivity index (χ4n) is 1.31. The minimum atomic E-state index is 0. The second-order valence-corrected chi connectivity index (χ2v) is 3.01. The average molecular weight is 182 g/mol. The summed E-state index contributed by atoms with van der Waals surface area (Å²) in [6, 6.07) is 7.98. The van der Waals surface area contributed by atoms with Crippen LogP contribution in [0.15, 0.2) is 30.5 Å². The first-order valence-corrected chi connectivity index (χ1v) is 3.86. The number of aromatic nitrogens is 1. The second-order valence-electron chi connectivity index (χ2n) is 2.60. The third-order valence-corrected chi connectivity index (χ3v) is 2.15. The molecule has 0 aliphatic heterocycles. The molecule has 64 valence electrons. The Labute approximate surface area is 77.6 Å². The van der Waals surface area contributed by atoms with E-state index in [1.165, 1.54) is 5.39 Å². The van der Waals surface area contributed by atoms with Crippen LogP contribution in [0, 0.1) is 0 Å². The van der Waals surface area contributed by atoms with Crippen LogP contribution in [0.25, 0.3) is 10.9 Å². The maximum atomic E-state index is 5.98. The van der Waals surface area contributed by atoms with Crippen molar-refractivity contribution in [1.82, 2.24) is 4.57 Å². The zero-order chi connectivity index (χ0) is 7.84. The van der Waals surface area contributed by atoms with Crippen molar-refractivity contribution in [1.29, 1.82) is 0 Å². The van der Waals surface area contributed by atoms with Gasteiger partial charge in [0.25, 0.3) is 0 Å². The van der Waals surface area contributed by atoms with Crippen LogP contribution in [-0.2, 0) is 7.05 Å². The van der Waals surface area contributed by atoms with Crippen molar-refractivity contribution in [3.05, 3.63) is 35.5 Å². The number of benzene rings is 1. The predicted molar refractivity (Wildman–Crippen MR) is 54.7 cm³/mol. The molecule has 0 fully saturated rings. The molecule has 0 unspecified atom stereocenters. The van der Waals surface area contributed by atoms with E-state index in [9.17, 15) is 0 Å². The van der Waals surface area contributed by atoms with Gasteiger partial charge in [0, 0.05) is 18.6 Å². The van der Waals surface area contributed by atoms with E-state index in [2.05, 4.69) is 12.1 Å². The van der Waals surface area contributed by atoms with Crippen molar-refractivity contribution in [3.8, 4) is 0 Å². The van der Waals surface area contributed by atoms with Crippen LogP contribution in [-0.4, -0.2) is 4.57 Å². The lowest BCUT2D eigenvalue weighted by Gasteiger charge is -1.97. The smallest absolute Gasteiger partial charge is 0.0666 e. The van der Waals surface area contributed by atoms with Crippen molar-refractivity contribution in [2.75, 3.05) is 0 Å². The minimum Gasteiger partial charge on any atom is -0.349 e. The number of aryl methyl sites for hydroxylation is 1. The highest BCUT2D eigenvalue weighted by molar-refractivity contribution is 6.35. The molecule has 1 nitrogen and oxygen atoms in total. The molecule has 0 atom stereocenters. The van der Waals surface area contributed by atoms with Gasteiger partial charge in [0.05, 0.1) is 10.5 Å². The van der Waals surface area contributed by atoms with Gasteiger partial charge in [-0.1, -0.05) is 31.2 Å². The molecule has 2 aromatic rings. The zero-order valence-electron chi connectivity index (χ0n) is 6.21. The van der Waals surface area contributed by atoms with E-state index in [0.717, 1.165) is 10.5 Å². The van der Waals surface area contributed by atoms with Crippen LogP contribution in [0.1, 0.15) is 7.43 Å². The number of nitrogens with zero attached hydrogens (tertiary/aromatic N) is 1. The van der Waals surface area contributed by atoms with Gasteiger partial charge in [-0.15, -0.1) is 0 Å². The van der Waals surface area contributed by atoms with Crippen molar-refractivity contribution < 1.29 is 0 Å². The Morgan fingerprint density at radius 3 is 2.67 bits per heavy atom. The van der Waals surface area contributed by atoms with Gasteiger partial charge in [0.15, 0.2) is 0 Å². The van der Waals surface area contributed by atoms with Crippen LogP contribution in [0.3, 0.4) is 0 Å². The summed E-state index contributed by atoms with van der Waals surface area (Å²) in [5.74, 6) is 0. The summed E-state index contributed by atoms with van der Waals surface area (Å²) in [5, 5.41) is 2.01. The average Bonchev–Trinajstić information content (AvgIpc) is 2.34. The highest BCUT2D eigenvalue weighted by atomic mass is 35.5. The van der Waals surface area contributed by atoms with E-state index in [-0.39, 0.29) is 7.43 Å². The number of fused-ring (bicyclic) bond motifs is 1. The monoisotopic (exact) mass is 181 g/mol. The number of hydrogen-bond donors (Lipinski definition) is 0. The van der Waals surface area contributed by atoms with E-state index in [4.69, 9.17) is 11.6 Å². The third kappa shape index (κ3) is 1.21. The molecular weight excluding hydrogens is 170 g/mol.